The molecule has 0 spiro atoms. The van der Waals surface area contributed by atoms with Crippen LogP contribution in [0.25, 0.3) is 0 Å². The average Bonchev–Trinajstić information content (AvgIpc) is 2.67. The number of aromatic nitrogens is 1. The van der Waals surface area contributed by atoms with E-state index < -0.39 is 0 Å². The van der Waals surface area contributed by atoms with Crippen LogP contribution in [0.4, 0.5) is 11.5 Å². The summed E-state index contributed by atoms with van der Waals surface area (Å²) in [5.74, 6) is 2.82. The summed E-state index contributed by atoms with van der Waals surface area (Å²) in [6.07, 6.45) is 4.24. The maximum atomic E-state index is 6.16. The largest absolute Gasteiger partial charge is 0.492 e. The monoisotopic (exact) mass is 369 g/mol. The Kier molecular flexibility index (Phi) is 4.88. The van der Waals surface area contributed by atoms with E-state index in [1.54, 1.807) is 0 Å². The SMILES string of the molecule is Cc1ccc(N2CCCC(COc3cccc4c3C(N)=NSN4)C2)nc1. The lowest BCUT2D eigenvalue weighted by molar-refractivity contribution is 0.228. The number of nitrogens with two attached hydrogens (primary N) is 1. The summed E-state index contributed by atoms with van der Waals surface area (Å²) < 4.78 is 13.5. The van der Waals surface area contributed by atoms with Gasteiger partial charge in [-0.3, -0.25) is 0 Å². The van der Waals surface area contributed by atoms with Gasteiger partial charge >= 0.3 is 0 Å². The zero-order valence-electron chi connectivity index (χ0n) is 14.8. The minimum atomic E-state index is 0.465. The van der Waals surface area contributed by atoms with E-state index in [4.69, 9.17) is 10.5 Å². The predicted octanol–water partition coefficient (Wildman–Crippen LogP) is 3.38. The van der Waals surface area contributed by atoms with Crippen molar-refractivity contribution in [2.24, 2.45) is 16.0 Å². The number of pyridine rings is 1. The van der Waals surface area contributed by atoms with Gasteiger partial charge in [0.2, 0.25) is 0 Å². The Morgan fingerprint density at radius 1 is 1.35 bits per heavy atom. The molecule has 6 nitrogen and oxygen atoms in total. The number of nitrogens with one attached hydrogen (secondary N) is 1. The number of benzene rings is 1. The van der Waals surface area contributed by atoms with E-state index in [1.807, 2.05) is 24.4 Å². The molecule has 136 valence electrons. The van der Waals surface area contributed by atoms with Gasteiger partial charge in [-0.15, -0.1) is 0 Å². The molecule has 1 unspecified atom stereocenters. The molecule has 4 rings (SSSR count). The molecule has 2 aliphatic rings. The van der Waals surface area contributed by atoms with Crippen LogP contribution >= 0.6 is 12.1 Å². The Labute approximate surface area is 158 Å². The highest BCUT2D eigenvalue weighted by Crippen LogP contribution is 2.33. The third kappa shape index (κ3) is 3.58. The lowest BCUT2D eigenvalue weighted by Crippen LogP contribution is -2.38. The first-order chi connectivity index (χ1) is 12.7. The van der Waals surface area contributed by atoms with Crippen molar-refractivity contribution in [1.29, 1.82) is 0 Å². The minimum absolute atomic E-state index is 0.465. The summed E-state index contributed by atoms with van der Waals surface area (Å²) in [5.41, 5.74) is 9.06. The molecule has 7 heteroatoms. The van der Waals surface area contributed by atoms with Gasteiger partial charge in [-0.05, 0) is 43.5 Å². The van der Waals surface area contributed by atoms with E-state index in [0.717, 1.165) is 48.7 Å². The van der Waals surface area contributed by atoms with Crippen LogP contribution in [0.15, 0.2) is 40.9 Å². The van der Waals surface area contributed by atoms with Crippen LogP contribution in [0, 0.1) is 12.8 Å². The number of amidine groups is 1. The van der Waals surface area contributed by atoms with Crippen LogP contribution in [0.5, 0.6) is 5.75 Å². The molecule has 26 heavy (non-hydrogen) atoms. The molecule has 0 saturated carbocycles. The van der Waals surface area contributed by atoms with Crippen LogP contribution in [0.3, 0.4) is 0 Å². The van der Waals surface area contributed by atoms with E-state index in [1.165, 1.54) is 17.7 Å². The maximum Gasteiger partial charge on any atom is 0.146 e. The fourth-order valence-electron chi connectivity index (χ4n) is 3.43. The molecule has 2 aromatic rings. The highest BCUT2D eigenvalue weighted by Gasteiger charge is 2.23. The molecule has 0 radical (unpaired) electrons. The maximum absolute atomic E-state index is 6.16. The fourth-order valence-corrected chi connectivity index (χ4v) is 3.94. The number of hydrogen-bond donors (Lipinski definition) is 2. The second-order valence-electron chi connectivity index (χ2n) is 6.81. The van der Waals surface area contributed by atoms with E-state index in [-0.39, 0.29) is 0 Å². The smallest absolute Gasteiger partial charge is 0.146 e. The van der Waals surface area contributed by atoms with Crippen molar-refractivity contribution in [2.75, 3.05) is 29.3 Å². The van der Waals surface area contributed by atoms with Gasteiger partial charge in [0.1, 0.15) is 17.4 Å². The van der Waals surface area contributed by atoms with E-state index in [0.29, 0.717) is 18.4 Å². The molecule has 1 fully saturated rings. The molecular formula is C19H23N5OS. The molecule has 0 amide bonds. The number of piperidine rings is 1. The minimum Gasteiger partial charge on any atom is -0.492 e. The van der Waals surface area contributed by atoms with Crippen molar-refractivity contribution >= 4 is 29.5 Å². The van der Waals surface area contributed by atoms with Crippen molar-refractivity contribution < 1.29 is 4.74 Å². The van der Waals surface area contributed by atoms with Gasteiger partial charge < -0.3 is 20.1 Å². The Balaban J connectivity index is 1.43. The second kappa shape index (κ2) is 7.45. The molecule has 1 atom stereocenters. The van der Waals surface area contributed by atoms with Gasteiger partial charge in [0, 0.05) is 25.2 Å². The quantitative estimate of drug-likeness (QED) is 0.805. The first-order valence-corrected chi connectivity index (χ1v) is 9.67. The molecule has 3 N–H and O–H groups in total. The van der Waals surface area contributed by atoms with E-state index in [2.05, 4.69) is 38.1 Å². The average molecular weight is 369 g/mol. The molecule has 3 heterocycles. The van der Waals surface area contributed by atoms with Gasteiger partial charge in [0.15, 0.2) is 0 Å². The van der Waals surface area contributed by atoms with Crippen LogP contribution in [-0.2, 0) is 0 Å². The molecular weight excluding hydrogens is 346 g/mol. The Hall–Kier alpha value is -2.41. The molecule has 1 aromatic heterocycles. The summed E-state index contributed by atoms with van der Waals surface area (Å²) in [6.45, 7) is 4.74. The number of nitrogens with zero attached hydrogens (tertiary/aromatic N) is 3. The van der Waals surface area contributed by atoms with Crippen LogP contribution < -0.4 is 20.1 Å². The molecule has 0 bridgehead atoms. The molecule has 1 saturated heterocycles. The third-order valence-electron chi connectivity index (χ3n) is 4.80. The lowest BCUT2D eigenvalue weighted by atomic mass is 9.99. The van der Waals surface area contributed by atoms with Crippen molar-refractivity contribution in [1.82, 2.24) is 4.98 Å². The van der Waals surface area contributed by atoms with Gasteiger partial charge in [0.05, 0.1) is 30.0 Å². The van der Waals surface area contributed by atoms with Crippen molar-refractivity contribution in [3.05, 3.63) is 47.7 Å². The number of fused-ring (bicyclic) bond motifs is 1. The van der Waals surface area contributed by atoms with Crippen LogP contribution in [-0.4, -0.2) is 30.5 Å². The van der Waals surface area contributed by atoms with Gasteiger partial charge in [0.25, 0.3) is 0 Å². The van der Waals surface area contributed by atoms with Crippen molar-refractivity contribution in [2.45, 2.75) is 19.8 Å². The van der Waals surface area contributed by atoms with E-state index >= 15 is 0 Å². The zero-order chi connectivity index (χ0) is 17.9. The summed E-state index contributed by atoms with van der Waals surface area (Å²) in [5, 5.41) is 0. The summed E-state index contributed by atoms with van der Waals surface area (Å²) in [6, 6.07) is 10.1. The highest BCUT2D eigenvalue weighted by molar-refractivity contribution is 7.99. The zero-order valence-corrected chi connectivity index (χ0v) is 15.6. The Morgan fingerprint density at radius 3 is 3.12 bits per heavy atom. The molecule has 1 aromatic carbocycles. The summed E-state index contributed by atoms with van der Waals surface area (Å²) in [4.78, 5) is 6.92. The first kappa shape index (κ1) is 17.0. The number of ether oxygens (including phenoxy) is 1. The normalized spacial score (nSPS) is 19.3. The highest BCUT2D eigenvalue weighted by atomic mass is 32.2. The van der Waals surface area contributed by atoms with Gasteiger partial charge in [-0.1, -0.05) is 12.1 Å². The van der Waals surface area contributed by atoms with E-state index in [9.17, 15) is 0 Å². The van der Waals surface area contributed by atoms with Crippen LogP contribution in [0.2, 0.25) is 0 Å². The number of rotatable bonds is 4. The van der Waals surface area contributed by atoms with Crippen LogP contribution in [0.1, 0.15) is 24.0 Å². The predicted molar refractivity (Wildman–Crippen MR) is 108 cm³/mol. The van der Waals surface area contributed by atoms with Crippen molar-refractivity contribution in [3.8, 4) is 5.75 Å². The number of anilines is 2. The summed E-state index contributed by atoms with van der Waals surface area (Å²) >= 11 is 1.24. The molecule has 0 aliphatic carbocycles. The van der Waals surface area contributed by atoms with Gasteiger partial charge in [-0.25, -0.2) is 4.98 Å². The Bertz CT molecular complexity index is 808. The van der Waals surface area contributed by atoms with Gasteiger partial charge in [-0.2, -0.15) is 4.40 Å². The lowest BCUT2D eigenvalue weighted by Gasteiger charge is -2.33. The first-order valence-electron chi connectivity index (χ1n) is 8.90. The Morgan fingerprint density at radius 2 is 2.27 bits per heavy atom. The third-order valence-corrected chi connectivity index (χ3v) is 5.39. The second-order valence-corrected chi connectivity index (χ2v) is 7.38. The standard InChI is InChI=1S/C19H23N5OS/c1-13-7-8-17(21-10-13)24-9-3-4-14(11-24)12-25-16-6-2-5-15-18(16)19(20)23-26-22-15/h2,5-8,10,14,22H,3-4,9,11-12H2,1H3,(H2,20,23). The summed E-state index contributed by atoms with van der Waals surface area (Å²) in [7, 11) is 0. The number of aryl methyl sites for hydroxylation is 1. The fraction of sp³-hybridized carbons (Fsp3) is 0.368. The molecule has 2 aliphatic heterocycles. The topological polar surface area (TPSA) is 75.8 Å². The number of hydrogen-bond acceptors (Lipinski definition) is 7. The van der Waals surface area contributed by atoms with Crippen molar-refractivity contribution in [3.63, 3.8) is 0 Å².